The maximum absolute atomic E-state index is 10.9. The highest BCUT2D eigenvalue weighted by atomic mass is 16.5. The molecule has 1 aromatic heterocycles. The molecule has 0 saturated carbocycles. The lowest BCUT2D eigenvalue weighted by Crippen LogP contribution is -2.30. The van der Waals surface area contributed by atoms with Crippen LogP contribution in [0.5, 0.6) is 0 Å². The van der Waals surface area contributed by atoms with Crippen LogP contribution in [0.25, 0.3) is 10.8 Å². The molecule has 60 valence electrons. The number of hydrogen-bond donors (Lipinski definition) is 0. The molecule has 0 aliphatic carbocycles. The van der Waals surface area contributed by atoms with E-state index in [1.54, 1.807) is 0 Å². The van der Waals surface area contributed by atoms with Crippen LogP contribution in [-0.4, -0.2) is 5.10 Å². The number of fused-ring (bicyclic) bond motifs is 1. The molecule has 0 fully saturated rings. The maximum atomic E-state index is 10.9. The second-order valence-corrected chi connectivity index (χ2v) is 2.70. The fourth-order valence-corrected chi connectivity index (χ4v) is 1.29. The largest absolute Gasteiger partial charge is 0.594 e. The van der Waals surface area contributed by atoms with Crippen molar-refractivity contribution in [1.82, 2.24) is 5.10 Å². The fraction of sp³-hybridized carbons (Fsp3) is 0.111. The van der Waals surface area contributed by atoms with E-state index in [2.05, 4.69) is 5.10 Å². The Bertz CT molecular complexity index is 426. The number of aromatic nitrogens is 2. The minimum absolute atomic E-state index is 0.595. The van der Waals surface area contributed by atoms with Crippen molar-refractivity contribution < 1.29 is 4.85 Å². The molecule has 2 rings (SSSR count). The molecule has 0 spiro atoms. The molecule has 0 aliphatic heterocycles. The summed E-state index contributed by atoms with van der Waals surface area (Å²) < 4.78 is 0. The van der Waals surface area contributed by atoms with Gasteiger partial charge < -0.3 is 5.21 Å². The van der Waals surface area contributed by atoms with Gasteiger partial charge in [0.25, 0.3) is 0 Å². The van der Waals surface area contributed by atoms with Crippen molar-refractivity contribution in [2.24, 2.45) is 0 Å². The van der Waals surface area contributed by atoms with Gasteiger partial charge in [-0.05, 0) is 13.0 Å². The molecule has 1 heterocycles. The Kier molecular flexibility index (Phi) is 1.43. The molecule has 0 radical (unpaired) electrons. The fourth-order valence-electron chi connectivity index (χ4n) is 1.29. The highest BCUT2D eigenvalue weighted by molar-refractivity contribution is 5.82. The van der Waals surface area contributed by atoms with Gasteiger partial charge in [0.2, 0.25) is 6.20 Å². The highest BCUT2D eigenvalue weighted by Gasteiger charge is 2.02. The zero-order valence-corrected chi connectivity index (χ0v) is 6.69. The summed E-state index contributed by atoms with van der Waals surface area (Å²) in [5, 5.41) is 16.6. The van der Waals surface area contributed by atoms with E-state index in [1.807, 2.05) is 31.2 Å². The zero-order valence-electron chi connectivity index (χ0n) is 6.69. The van der Waals surface area contributed by atoms with Gasteiger partial charge in [0, 0.05) is 10.5 Å². The summed E-state index contributed by atoms with van der Waals surface area (Å²) >= 11 is 0. The first-order valence-corrected chi connectivity index (χ1v) is 3.73. The number of benzene rings is 1. The zero-order chi connectivity index (χ0) is 8.55. The van der Waals surface area contributed by atoms with Gasteiger partial charge >= 0.3 is 0 Å². The molecular weight excluding hydrogens is 152 g/mol. The minimum atomic E-state index is 0.595. The second kappa shape index (κ2) is 2.44. The van der Waals surface area contributed by atoms with Crippen molar-refractivity contribution in [3.05, 3.63) is 41.4 Å². The maximum Gasteiger partial charge on any atom is 0.217 e. The van der Waals surface area contributed by atoms with E-state index >= 15 is 0 Å². The van der Waals surface area contributed by atoms with Crippen LogP contribution < -0.4 is 4.85 Å². The number of rotatable bonds is 0. The van der Waals surface area contributed by atoms with Crippen molar-refractivity contribution in [2.45, 2.75) is 6.92 Å². The van der Waals surface area contributed by atoms with Gasteiger partial charge in [0.15, 0.2) is 0 Å². The summed E-state index contributed by atoms with van der Waals surface area (Å²) in [5.74, 6) is 0. The standard InChI is InChI=1S/C9H8N2O/c1-7-9-5-3-2-4-8(9)6-11(12)10-7/h2-6H,1H3. The number of hydrogen-bond acceptors (Lipinski definition) is 2. The third-order valence-electron chi connectivity index (χ3n) is 1.85. The van der Waals surface area contributed by atoms with Gasteiger partial charge in [-0.2, -0.15) is 0 Å². The van der Waals surface area contributed by atoms with E-state index < -0.39 is 0 Å². The van der Waals surface area contributed by atoms with Crippen LogP contribution in [0.3, 0.4) is 0 Å². The van der Waals surface area contributed by atoms with Crippen LogP contribution in [0.2, 0.25) is 0 Å². The molecule has 0 unspecified atom stereocenters. The molecular formula is C9H8N2O. The van der Waals surface area contributed by atoms with E-state index in [0.717, 1.165) is 16.5 Å². The first-order valence-electron chi connectivity index (χ1n) is 3.73. The van der Waals surface area contributed by atoms with Gasteiger partial charge in [-0.15, -0.1) is 0 Å². The lowest BCUT2D eigenvalue weighted by molar-refractivity contribution is -0.668. The number of aryl methyl sites for hydroxylation is 1. The van der Waals surface area contributed by atoms with E-state index in [1.165, 1.54) is 6.20 Å². The van der Waals surface area contributed by atoms with E-state index in [-0.39, 0.29) is 0 Å². The smallest absolute Gasteiger partial charge is 0.217 e. The van der Waals surface area contributed by atoms with E-state index in [4.69, 9.17) is 0 Å². The molecule has 0 bridgehead atoms. The molecule has 2 aromatic rings. The molecule has 0 atom stereocenters. The quantitative estimate of drug-likeness (QED) is 0.428. The normalized spacial score (nSPS) is 10.4. The topological polar surface area (TPSA) is 39.8 Å². The lowest BCUT2D eigenvalue weighted by Gasteiger charge is -1.98. The highest BCUT2D eigenvalue weighted by Crippen LogP contribution is 2.12. The molecule has 0 amide bonds. The monoisotopic (exact) mass is 160 g/mol. The molecule has 0 N–H and O–H groups in total. The first kappa shape index (κ1) is 7.03. The second-order valence-electron chi connectivity index (χ2n) is 2.70. The first-order chi connectivity index (χ1) is 5.77. The Morgan fingerprint density at radius 2 is 2.08 bits per heavy atom. The Balaban J connectivity index is 2.89. The predicted molar refractivity (Wildman–Crippen MR) is 45.4 cm³/mol. The molecule has 0 aliphatic rings. The summed E-state index contributed by atoms with van der Waals surface area (Å²) in [6.45, 7) is 1.83. The van der Waals surface area contributed by atoms with Gasteiger partial charge in [-0.25, -0.2) is 0 Å². The van der Waals surface area contributed by atoms with E-state index in [0.29, 0.717) is 4.85 Å². The minimum Gasteiger partial charge on any atom is -0.594 e. The van der Waals surface area contributed by atoms with Crippen LogP contribution in [-0.2, 0) is 0 Å². The third kappa shape index (κ3) is 0.993. The predicted octanol–water partition coefficient (Wildman–Crippen LogP) is 1.18. The Hall–Kier alpha value is -1.64. The average molecular weight is 160 g/mol. The van der Waals surface area contributed by atoms with Crippen LogP contribution in [0, 0.1) is 12.1 Å². The van der Waals surface area contributed by atoms with Crippen molar-refractivity contribution in [3.63, 3.8) is 0 Å². The molecule has 12 heavy (non-hydrogen) atoms. The Morgan fingerprint density at radius 3 is 2.92 bits per heavy atom. The van der Waals surface area contributed by atoms with Gasteiger partial charge in [-0.1, -0.05) is 23.0 Å². The van der Waals surface area contributed by atoms with Gasteiger partial charge in [0.1, 0.15) is 5.69 Å². The summed E-state index contributed by atoms with van der Waals surface area (Å²) in [6.07, 6.45) is 1.47. The summed E-state index contributed by atoms with van der Waals surface area (Å²) in [7, 11) is 0. The molecule has 3 heteroatoms. The SMILES string of the molecule is Cc1n[n+]([O-])cc2ccccc12. The molecule has 0 saturated heterocycles. The summed E-state index contributed by atoms with van der Waals surface area (Å²) in [6, 6.07) is 7.70. The van der Waals surface area contributed by atoms with Crippen LogP contribution >= 0.6 is 0 Å². The molecule has 3 nitrogen and oxygen atoms in total. The van der Waals surface area contributed by atoms with Crippen molar-refractivity contribution >= 4 is 10.8 Å². The third-order valence-corrected chi connectivity index (χ3v) is 1.85. The Morgan fingerprint density at radius 1 is 1.33 bits per heavy atom. The van der Waals surface area contributed by atoms with Crippen LogP contribution in [0.15, 0.2) is 30.5 Å². The van der Waals surface area contributed by atoms with Crippen molar-refractivity contribution in [3.8, 4) is 0 Å². The van der Waals surface area contributed by atoms with Crippen molar-refractivity contribution in [2.75, 3.05) is 0 Å². The summed E-state index contributed by atoms with van der Waals surface area (Å²) in [4.78, 5) is 0.595. The van der Waals surface area contributed by atoms with Gasteiger partial charge in [0.05, 0.1) is 5.39 Å². The van der Waals surface area contributed by atoms with E-state index in [9.17, 15) is 5.21 Å². The van der Waals surface area contributed by atoms with Crippen molar-refractivity contribution in [1.29, 1.82) is 0 Å². The van der Waals surface area contributed by atoms with Crippen LogP contribution in [0.1, 0.15) is 5.69 Å². The van der Waals surface area contributed by atoms with Gasteiger partial charge in [-0.3, -0.25) is 0 Å². The Labute approximate surface area is 69.8 Å². The number of nitrogens with zero attached hydrogens (tertiary/aromatic N) is 2. The molecule has 1 aromatic carbocycles. The summed E-state index contributed by atoms with van der Waals surface area (Å²) in [5.41, 5.74) is 0.767. The van der Waals surface area contributed by atoms with Crippen LogP contribution in [0.4, 0.5) is 0 Å². The average Bonchev–Trinajstić information content (AvgIpc) is 2.04. The lowest BCUT2D eigenvalue weighted by atomic mass is 10.1.